The zero-order chi connectivity index (χ0) is 21.1. The molecule has 2 aromatic carbocycles. The number of rotatable bonds is 6. The van der Waals surface area contributed by atoms with Crippen LogP contribution in [0.4, 0.5) is 16.2 Å². The van der Waals surface area contributed by atoms with E-state index >= 15 is 0 Å². The molecule has 1 saturated heterocycles. The van der Waals surface area contributed by atoms with Gasteiger partial charge in [-0.15, -0.1) is 0 Å². The lowest BCUT2D eigenvalue weighted by atomic mass is 10.2. The van der Waals surface area contributed by atoms with E-state index in [0.29, 0.717) is 12.2 Å². The zero-order valence-electron chi connectivity index (χ0n) is 17.2. The van der Waals surface area contributed by atoms with Crippen LogP contribution in [-0.2, 0) is 16.1 Å². The van der Waals surface area contributed by atoms with Crippen LogP contribution in [0.1, 0.15) is 18.1 Å². The predicted octanol–water partition coefficient (Wildman–Crippen LogP) is 2.53. The van der Waals surface area contributed by atoms with Crippen molar-refractivity contribution in [3.05, 3.63) is 59.7 Å². The summed E-state index contributed by atoms with van der Waals surface area (Å²) in [6.07, 6.45) is 0. The van der Waals surface area contributed by atoms with Gasteiger partial charge in [0, 0.05) is 32.0 Å². The second-order valence-electron chi connectivity index (χ2n) is 7.43. The molecule has 4 amide bonds. The predicted molar refractivity (Wildman–Crippen MR) is 113 cm³/mol. The molecule has 7 heteroatoms. The number of carbonyl (C=O) groups excluding carboxylic acids is 3. The molecule has 0 saturated carbocycles. The van der Waals surface area contributed by atoms with E-state index in [1.807, 2.05) is 62.3 Å². The quantitative estimate of drug-likeness (QED) is 0.765. The summed E-state index contributed by atoms with van der Waals surface area (Å²) in [6.45, 7) is 3.67. The molecule has 1 atom stereocenters. The number of carbonyl (C=O) groups is 3. The van der Waals surface area contributed by atoms with Crippen molar-refractivity contribution >= 4 is 29.2 Å². The Morgan fingerprint density at radius 2 is 1.66 bits per heavy atom. The Morgan fingerprint density at radius 3 is 2.24 bits per heavy atom. The van der Waals surface area contributed by atoms with Crippen molar-refractivity contribution in [1.29, 1.82) is 0 Å². The number of nitrogens with one attached hydrogen (secondary N) is 1. The molecule has 0 aromatic heterocycles. The Bertz CT molecular complexity index is 907. The summed E-state index contributed by atoms with van der Waals surface area (Å²) in [5.74, 6) is -0.748. The summed E-state index contributed by atoms with van der Waals surface area (Å²) in [6, 6.07) is 14.1. The number of urea groups is 1. The second-order valence-corrected chi connectivity index (χ2v) is 7.43. The smallest absolute Gasteiger partial charge is 0.332 e. The van der Waals surface area contributed by atoms with Crippen molar-refractivity contribution in [2.75, 3.05) is 30.4 Å². The van der Waals surface area contributed by atoms with Gasteiger partial charge in [-0.25, -0.2) is 4.79 Å². The minimum Gasteiger partial charge on any atom is -0.378 e. The number of aryl methyl sites for hydroxylation is 1. The highest BCUT2D eigenvalue weighted by molar-refractivity contribution is 6.15. The number of imide groups is 1. The average molecular weight is 394 g/mol. The first kappa shape index (κ1) is 20.4. The first-order chi connectivity index (χ1) is 13.8. The third kappa shape index (κ3) is 4.39. The van der Waals surface area contributed by atoms with E-state index in [9.17, 15) is 14.4 Å². The van der Waals surface area contributed by atoms with Crippen molar-refractivity contribution in [1.82, 2.24) is 10.2 Å². The van der Waals surface area contributed by atoms with Gasteiger partial charge in [0.2, 0.25) is 5.91 Å². The van der Waals surface area contributed by atoms with Gasteiger partial charge in [0.15, 0.2) is 0 Å². The third-order valence-electron chi connectivity index (χ3n) is 5.00. The molecule has 1 aliphatic heterocycles. The molecule has 0 spiro atoms. The van der Waals surface area contributed by atoms with Gasteiger partial charge in [-0.05, 0) is 43.7 Å². The molecule has 1 fully saturated rings. The van der Waals surface area contributed by atoms with Gasteiger partial charge in [-0.1, -0.05) is 29.8 Å². The normalized spacial score (nSPS) is 16.3. The minimum atomic E-state index is -0.642. The molecule has 2 aromatic rings. The molecule has 3 rings (SSSR count). The second kappa shape index (κ2) is 8.34. The molecule has 7 nitrogen and oxygen atoms in total. The van der Waals surface area contributed by atoms with Gasteiger partial charge in [-0.3, -0.25) is 19.4 Å². The molecule has 29 heavy (non-hydrogen) atoms. The SMILES string of the molecule is Cc1ccc(N2C(=O)N(CC(=O)NCc3ccc(N(C)C)cc3)C(=O)[C@@H]2C)cc1. The summed E-state index contributed by atoms with van der Waals surface area (Å²) in [7, 11) is 3.92. The maximum Gasteiger partial charge on any atom is 0.332 e. The van der Waals surface area contributed by atoms with E-state index in [1.165, 1.54) is 4.90 Å². The number of amides is 4. The highest BCUT2D eigenvalue weighted by atomic mass is 16.2. The average Bonchev–Trinajstić information content (AvgIpc) is 2.91. The van der Waals surface area contributed by atoms with Crippen LogP contribution in [0.2, 0.25) is 0 Å². The number of nitrogens with zero attached hydrogens (tertiary/aromatic N) is 3. The van der Waals surface area contributed by atoms with Crippen LogP contribution in [0.3, 0.4) is 0 Å². The summed E-state index contributed by atoms with van der Waals surface area (Å²) in [5, 5.41) is 2.78. The molecule has 0 bridgehead atoms. The fraction of sp³-hybridized carbons (Fsp3) is 0.318. The van der Waals surface area contributed by atoms with E-state index in [4.69, 9.17) is 0 Å². The van der Waals surface area contributed by atoms with Crippen LogP contribution in [-0.4, -0.2) is 49.4 Å². The van der Waals surface area contributed by atoms with E-state index in [-0.39, 0.29) is 18.4 Å². The number of hydrogen-bond acceptors (Lipinski definition) is 4. The van der Waals surface area contributed by atoms with Crippen molar-refractivity contribution in [2.45, 2.75) is 26.4 Å². The van der Waals surface area contributed by atoms with E-state index in [2.05, 4.69) is 5.32 Å². The molecule has 0 aliphatic carbocycles. The van der Waals surface area contributed by atoms with Gasteiger partial charge in [0.25, 0.3) is 5.91 Å². The Labute approximate surface area is 170 Å². The van der Waals surface area contributed by atoms with Crippen LogP contribution in [0.15, 0.2) is 48.5 Å². The van der Waals surface area contributed by atoms with Crippen molar-refractivity contribution in [2.24, 2.45) is 0 Å². The van der Waals surface area contributed by atoms with Gasteiger partial charge in [-0.2, -0.15) is 0 Å². The van der Waals surface area contributed by atoms with Crippen molar-refractivity contribution in [3.8, 4) is 0 Å². The van der Waals surface area contributed by atoms with E-state index < -0.39 is 12.1 Å². The van der Waals surface area contributed by atoms with Crippen LogP contribution >= 0.6 is 0 Å². The first-order valence-corrected chi connectivity index (χ1v) is 9.52. The summed E-state index contributed by atoms with van der Waals surface area (Å²) in [4.78, 5) is 42.1. The summed E-state index contributed by atoms with van der Waals surface area (Å²) < 4.78 is 0. The van der Waals surface area contributed by atoms with Gasteiger partial charge >= 0.3 is 6.03 Å². The number of benzene rings is 2. The lowest BCUT2D eigenvalue weighted by molar-refractivity contribution is -0.131. The summed E-state index contributed by atoms with van der Waals surface area (Å²) in [5.41, 5.74) is 3.72. The Hall–Kier alpha value is -3.35. The van der Waals surface area contributed by atoms with Crippen LogP contribution in [0.25, 0.3) is 0 Å². The van der Waals surface area contributed by atoms with Crippen LogP contribution < -0.4 is 15.1 Å². The maximum absolute atomic E-state index is 12.8. The lowest BCUT2D eigenvalue weighted by Crippen LogP contribution is -2.41. The zero-order valence-corrected chi connectivity index (χ0v) is 17.2. The molecule has 1 N–H and O–H groups in total. The Balaban J connectivity index is 1.61. The first-order valence-electron chi connectivity index (χ1n) is 9.52. The Morgan fingerprint density at radius 1 is 1.03 bits per heavy atom. The van der Waals surface area contributed by atoms with Crippen LogP contribution in [0, 0.1) is 6.92 Å². The van der Waals surface area contributed by atoms with E-state index in [0.717, 1.165) is 21.7 Å². The fourth-order valence-corrected chi connectivity index (χ4v) is 3.22. The maximum atomic E-state index is 12.8. The molecule has 152 valence electrons. The van der Waals surface area contributed by atoms with Crippen LogP contribution in [0.5, 0.6) is 0 Å². The molecular weight excluding hydrogens is 368 g/mol. The molecule has 0 radical (unpaired) electrons. The number of hydrogen-bond donors (Lipinski definition) is 1. The van der Waals surface area contributed by atoms with Crippen molar-refractivity contribution < 1.29 is 14.4 Å². The van der Waals surface area contributed by atoms with Crippen molar-refractivity contribution in [3.63, 3.8) is 0 Å². The molecule has 1 heterocycles. The topological polar surface area (TPSA) is 73.0 Å². The Kier molecular flexibility index (Phi) is 5.87. The van der Waals surface area contributed by atoms with Gasteiger partial charge in [0.1, 0.15) is 12.6 Å². The highest BCUT2D eigenvalue weighted by Gasteiger charge is 2.43. The monoisotopic (exact) mass is 394 g/mol. The van der Waals surface area contributed by atoms with E-state index in [1.54, 1.807) is 19.1 Å². The molecule has 0 unspecified atom stereocenters. The standard InChI is InChI=1S/C22H26N4O3/c1-15-5-9-19(10-6-15)26-16(2)21(28)25(22(26)29)14-20(27)23-13-17-7-11-18(12-8-17)24(3)4/h5-12,16H,13-14H2,1-4H3,(H,23,27)/t16-/m0/s1. The summed E-state index contributed by atoms with van der Waals surface area (Å²) >= 11 is 0. The highest BCUT2D eigenvalue weighted by Crippen LogP contribution is 2.25. The lowest BCUT2D eigenvalue weighted by Gasteiger charge is -2.19. The van der Waals surface area contributed by atoms with Gasteiger partial charge < -0.3 is 10.2 Å². The third-order valence-corrected chi connectivity index (χ3v) is 5.00. The largest absolute Gasteiger partial charge is 0.378 e. The minimum absolute atomic E-state index is 0.292. The molecular formula is C22H26N4O3. The fourth-order valence-electron chi connectivity index (χ4n) is 3.22. The molecule has 1 aliphatic rings. The van der Waals surface area contributed by atoms with Gasteiger partial charge in [0.05, 0.1) is 0 Å². The number of anilines is 2.